The van der Waals surface area contributed by atoms with Crippen molar-refractivity contribution in [3.8, 4) is 0 Å². The molecule has 0 heterocycles. The standard InChI is InChI=1S/C8H17NO4/c1-3-5(10)7(12)4(9-2)8(13)6(3)11/h3-13H,1-2H3/t3?,4?,5-,6+,7-,8-/m1/s1. The van der Waals surface area contributed by atoms with Gasteiger partial charge >= 0.3 is 0 Å². The maximum atomic E-state index is 9.51. The maximum Gasteiger partial charge on any atom is 0.0981 e. The second-order valence-corrected chi connectivity index (χ2v) is 3.64. The van der Waals surface area contributed by atoms with Gasteiger partial charge in [-0.1, -0.05) is 6.92 Å². The quantitative estimate of drug-likeness (QED) is 0.320. The molecule has 78 valence electrons. The van der Waals surface area contributed by atoms with Crippen molar-refractivity contribution in [2.24, 2.45) is 5.92 Å². The first-order valence-electron chi connectivity index (χ1n) is 4.40. The Bertz CT molecular complexity index is 162. The second kappa shape index (κ2) is 3.89. The largest absolute Gasteiger partial charge is 0.390 e. The molecule has 0 aromatic carbocycles. The highest BCUT2D eigenvalue weighted by molar-refractivity contribution is 4.99. The zero-order valence-corrected chi connectivity index (χ0v) is 7.75. The highest BCUT2D eigenvalue weighted by atomic mass is 16.4. The summed E-state index contributed by atoms with van der Waals surface area (Å²) in [4.78, 5) is 0. The Morgan fingerprint density at radius 3 is 1.54 bits per heavy atom. The number of rotatable bonds is 1. The number of likely N-dealkylation sites (N-methyl/N-ethyl adjacent to an activating group) is 1. The third-order valence-corrected chi connectivity index (χ3v) is 2.85. The van der Waals surface area contributed by atoms with E-state index in [0.717, 1.165) is 0 Å². The molecule has 2 unspecified atom stereocenters. The van der Waals surface area contributed by atoms with Crippen LogP contribution < -0.4 is 5.32 Å². The second-order valence-electron chi connectivity index (χ2n) is 3.64. The predicted octanol–water partition coefficient (Wildman–Crippen LogP) is -2.33. The van der Waals surface area contributed by atoms with Crippen LogP contribution in [0.4, 0.5) is 0 Å². The Hall–Kier alpha value is -0.200. The number of hydrogen-bond acceptors (Lipinski definition) is 5. The summed E-state index contributed by atoms with van der Waals surface area (Å²) >= 11 is 0. The van der Waals surface area contributed by atoms with Crippen LogP contribution in [0.15, 0.2) is 0 Å². The van der Waals surface area contributed by atoms with E-state index >= 15 is 0 Å². The minimum absolute atomic E-state index is 0.519. The van der Waals surface area contributed by atoms with Gasteiger partial charge in [0.05, 0.1) is 30.5 Å². The number of nitrogens with one attached hydrogen (secondary N) is 1. The molecule has 6 atom stereocenters. The predicted molar refractivity (Wildman–Crippen MR) is 46.0 cm³/mol. The van der Waals surface area contributed by atoms with Gasteiger partial charge in [-0.05, 0) is 7.05 Å². The normalized spacial score (nSPS) is 52.2. The van der Waals surface area contributed by atoms with Crippen LogP contribution in [0.3, 0.4) is 0 Å². The first-order valence-corrected chi connectivity index (χ1v) is 4.40. The van der Waals surface area contributed by atoms with Crippen LogP contribution in [-0.4, -0.2) is 57.9 Å². The van der Waals surface area contributed by atoms with E-state index in [-0.39, 0.29) is 0 Å². The maximum absolute atomic E-state index is 9.51. The van der Waals surface area contributed by atoms with Crippen molar-refractivity contribution in [3.05, 3.63) is 0 Å². The number of aliphatic hydroxyl groups excluding tert-OH is 4. The Morgan fingerprint density at radius 2 is 1.23 bits per heavy atom. The summed E-state index contributed by atoms with van der Waals surface area (Å²) in [5.74, 6) is -0.519. The summed E-state index contributed by atoms with van der Waals surface area (Å²) in [6.07, 6.45) is -4.09. The SMILES string of the molecule is CNC1[C@@H](O)[C@H](O)C(C)[C@H](O)[C@@H]1O. The average Bonchev–Trinajstić information content (AvgIpc) is 2.13. The van der Waals surface area contributed by atoms with Crippen molar-refractivity contribution in [1.82, 2.24) is 5.32 Å². The summed E-state index contributed by atoms with van der Waals surface area (Å²) in [6.45, 7) is 1.59. The van der Waals surface area contributed by atoms with Crippen LogP contribution in [0.25, 0.3) is 0 Å². The summed E-state index contributed by atoms with van der Waals surface area (Å²) in [6, 6.07) is -0.679. The molecule has 0 bridgehead atoms. The van der Waals surface area contributed by atoms with Gasteiger partial charge in [0, 0.05) is 5.92 Å². The monoisotopic (exact) mass is 191 g/mol. The molecule has 5 N–H and O–H groups in total. The molecule has 0 radical (unpaired) electrons. The van der Waals surface area contributed by atoms with Crippen LogP contribution in [0.2, 0.25) is 0 Å². The molecule has 5 nitrogen and oxygen atoms in total. The molecule has 1 saturated carbocycles. The molecule has 1 aliphatic rings. The van der Waals surface area contributed by atoms with E-state index in [4.69, 9.17) is 0 Å². The van der Waals surface area contributed by atoms with E-state index < -0.39 is 36.4 Å². The Morgan fingerprint density at radius 1 is 0.846 bits per heavy atom. The van der Waals surface area contributed by atoms with Crippen molar-refractivity contribution in [2.75, 3.05) is 7.05 Å². The van der Waals surface area contributed by atoms with Gasteiger partial charge in [-0.3, -0.25) is 0 Å². The topological polar surface area (TPSA) is 93.0 Å². The van der Waals surface area contributed by atoms with Crippen molar-refractivity contribution < 1.29 is 20.4 Å². The highest BCUT2D eigenvalue weighted by Crippen LogP contribution is 2.25. The highest BCUT2D eigenvalue weighted by Gasteiger charge is 2.45. The zero-order valence-electron chi connectivity index (χ0n) is 7.75. The third kappa shape index (κ3) is 1.70. The van der Waals surface area contributed by atoms with E-state index in [2.05, 4.69) is 5.32 Å². The fourth-order valence-electron chi connectivity index (χ4n) is 1.79. The first kappa shape index (κ1) is 10.9. The van der Waals surface area contributed by atoms with E-state index in [1.807, 2.05) is 0 Å². The lowest BCUT2D eigenvalue weighted by molar-refractivity contribution is -0.157. The summed E-state index contributed by atoms with van der Waals surface area (Å²) < 4.78 is 0. The lowest BCUT2D eigenvalue weighted by Crippen LogP contribution is -2.64. The first-order chi connectivity index (χ1) is 6.00. The minimum atomic E-state index is -1.04. The van der Waals surface area contributed by atoms with Gasteiger partial charge in [-0.25, -0.2) is 0 Å². The molecule has 1 fully saturated rings. The van der Waals surface area contributed by atoms with E-state index in [1.54, 1.807) is 14.0 Å². The van der Waals surface area contributed by atoms with Gasteiger partial charge in [0.2, 0.25) is 0 Å². The zero-order chi connectivity index (χ0) is 10.2. The third-order valence-electron chi connectivity index (χ3n) is 2.85. The van der Waals surface area contributed by atoms with E-state index in [0.29, 0.717) is 0 Å². The van der Waals surface area contributed by atoms with Gasteiger partial charge in [-0.15, -0.1) is 0 Å². The van der Waals surface area contributed by atoms with Crippen LogP contribution in [0, 0.1) is 5.92 Å². The lowest BCUT2D eigenvalue weighted by Gasteiger charge is -2.42. The van der Waals surface area contributed by atoms with Crippen molar-refractivity contribution in [3.63, 3.8) is 0 Å². The summed E-state index contributed by atoms with van der Waals surface area (Å²) in [5, 5.41) is 40.6. The Balaban J connectivity index is 2.79. The fourth-order valence-corrected chi connectivity index (χ4v) is 1.79. The number of hydrogen-bond donors (Lipinski definition) is 5. The van der Waals surface area contributed by atoms with Crippen molar-refractivity contribution >= 4 is 0 Å². The van der Waals surface area contributed by atoms with Crippen molar-refractivity contribution in [2.45, 2.75) is 37.4 Å². The van der Waals surface area contributed by atoms with Crippen LogP contribution in [0.5, 0.6) is 0 Å². The molecule has 13 heavy (non-hydrogen) atoms. The van der Waals surface area contributed by atoms with Gasteiger partial charge in [0.1, 0.15) is 0 Å². The molecule has 0 spiro atoms. The van der Waals surface area contributed by atoms with Gasteiger partial charge < -0.3 is 25.7 Å². The molecule has 0 aliphatic heterocycles. The Labute approximate surface area is 77.0 Å². The molecular weight excluding hydrogens is 174 g/mol. The van der Waals surface area contributed by atoms with Crippen molar-refractivity contribution in [1.29, 1.82) is 0 Å². The van der Waals surface area contributed by atoms with Crippen LogP contribution >= 0.6 is 0 Å². The van der Waals surface area contributed by atoms with Gasteiger partial charge in [0.25, 0.3) is 0 Å². The lowest BCUT2D eigenvalue weighted by atomic mass is 9.78. The van der Waals surface area contributed by atoms with E-state index in [9.17, 15) is 20.4 Å². The smallest absolute Gasteiger partial charge is 0.0981 e. The molecule has 0 aromatic heterocycles. The molecule has 0 saturated heterocycles. The fraction of sp³-hybridized carbons (Fsp3) is 1.00. The Kier molecular flexibility index (Phi) is 3.26. The summed E-state index contributed by atoms with van der Waals surface area (Å²) in [5.41, 5.74) is 0. The molecule has 5 heteroatoms. The molecule has 1 aliphatic carbocycles. The van der Waals surface area contributed by atoms with Gasteiger partial charge in [-0.2, -0.15) is 0 Å². The molecule has 0 aromatic rings. The summed E-state index contributed by atoms with van der Waals surface area (Å²) in [7, 11) is 1.56. The van der Waals surface area contributed by atoms with Crippen LogP contribution in [0.1, 0.15) is 6.92 Å². The minimum Gasteiger partial charge on any atom is -0.390 e. The molecule has 0 amide bonds. The average molecular weight is 191 g/mol. The molecular formula is C8H17NO4. The van der Waals surface area contributed by atoms with Crippen LogP contribution in [-0.2, 0) is 0 Å². The van der Waals surface area contributed by atoms with E-state index in [1.165, 1.54) is 0 Å². The molecule has 1 rings (SSSR count). The van der Waals surface area contributed by atoms with Gasteiger partial charge in [0.15, 0.2) is 0 Å². The number of aliphatic hydroxyl groups is 4.